The van der Waals surface area contributed by atoms with Crippen LogP contribution in [0.4, 0.5) is 19.6 Å². The van der Waals surface area contributed by atoms with Gasteiger partial charge in [0.05, 0.1) is 11.7 Å². The van der Waals surface area contributed by atoms with Crippen LogP contribution in [-0.2, 0) is 6.54 Å². The smallest absolute Gasteiger partial charge is 0.395 e. The first-order valence-electron chi connectivity index (χ1n) is 11.4. The molecule has 1 amide bonds. The number of alkyl halides is 2. The van der Waals surface area contributed by atoms with E-state index in [1.807, 2.05) is 34.3 Å². The molecule has 2 aliphatic heterocycles. The molecular formula is C25H21F2N5O3S. The van der Waals surface area contributed by atoms with E-state index in [4.69, 9.17) is 0 Å². The number of rotatable bonds is 6. The molecule has 6 rings (SSSR count). The quantitative estimate of drug-likeness (QED) is 0.380. The van der Waals surface area contributed by atoms with Crippen LogP contribution >= 0.6 is 11.3 Å². The molecule has 1 saturated heterocycles. The second kappa shape index (κ2) is 8.90. The molecule has 2 aliphatic rings. The number of pyridine rings is 1. The van der Waals surface area contributed by atoms with Crippen molar-refractivity contribution in [3.8, 4) is 11.5 Å². The second-order valence-corrected chi connectivity index (χ2v) is 9.42. The molecule has 184 valence electrons. The van der Waals surface area contributed by atoms with E-state index in [0.717, 1.165) is 36.3 Å². The van der Waals surface area contributed by atoms with Crippen molar-refractivity contribution in [2.45, 2.75) is 31.7 Å². The van der Waals surface area contributed by atoms with Crippen LogP contribution in [-0.4, -0.2) is 33.3 Å². The average molecular weight is 510 g/mol. The van der Waals surface area contributed by atoms with Crippen molar-refractivity contribution >= 4 is 28.1 Å². The van der Waals surface area contributed by atoms with Crippen LogP contribution < -0.4 is 19.7 Å². The molecule has 4 aromatic rings. The Hall–Kier alpha value is -3.99. The van der Waals surface area contributed by atoms with Gasteiger partial charge in [-0.3, -0.25) is 15.1 Å². The molecule has 8 nitrogen and oxygen atoms in total. The molecule has 0 bridgehead atoms. The van der Waals surface area contributed by atoms with E-state index in [2.05, 4.69) is 29.7 Å². The minimum atomic E-state index is -3.65. The number of carbonyl (C=O) groups is 1. The first-order chi connectivity index (χ1) is 17.4. The molecule has 5 heterocycles. The molecule has 1 fully saturated rings. The lowest BCUT2D eigenvalue weighted by Gasteiger charge is -2.25. The molecule has 0 unspecified atom stereocenters. The number of hydrogen-bond acceptors (Lipinski definition) is 7. The maximum atomic E-state index is 13.4. The molecule has 0 spiro atoms. The van der Waals surface area contributed by atoms with E-state index < -0.39 is 6.29 Å². The van der Waals surface area contributed by atoms with Crippen LogP contribution in [0.1, 0.15) is 40.6 Å². The van der Waals surface area contributed by atoms with Crippen molar-refractivity contribution in [2.24, 2.45) is 0 Å². The zero-order valence-corrected chi connectivity index (χ0v) is 19.8. The Morgan fingerprint density at radius 3 is 2.86 bits per heavy atom. The lowest BCUT2D eigenvalue weighted by molar-refractivity contribution is -0.286. The van der Waals surface area contributed by atoms with Gasteiger partial charge in [-0.25, -0.2) is 4.98 Å². The number of nitrogens with one attached hydrogen (secondary N) is 1. The molecule has 0 radical (unpaired) electrons. The topological polar surface area (TPSA) is 81.5 Å². The average Bonchev–Trinajstić information content (AvgIpc) is 3.64. The van der Waals surface area contributed by atoms with E-state index in [9.17, 15) is 13.6 Å². The zero-order chi connectivity index (χ0) is 24.7. The molecule has 36 heavy (non-hydrogen) atoms. The largest absolute Gasteiger partial charge is 0.586 e. The van der Waals surface area contributed by atoms with Gasteiger partial charge in [0.1, 0.15) is 5.69 Å². The molecule has 3 aromatic heterocycles. The van der Waals surface area contributed by atoms with Gasteiger partial charge in [-0.05, 0) is 54.8 Å². The summed E-state index contributed by atoms with van der Waals surface area (Å²) in [4.78, 5) is 23.8. The monoisotopic (exact) mass is 509 g/mol. The predicted molar refractivity (Wildman–Crippen MR) is 130 cm³/mol. The van der Waals surface area contributed by atoms with Gasteiger partial charge in [0, 0.05) is 48.8 Å². The molecule has 1 N–H and O–H groups in total. The summed E-state index contributed by atoms with van der Waals surface area (Å²) >= 11 is 1.36. The Morgan fingerprint density at radius 1 is 1.17 bits per heavy atom. The Kier molecular flexibility index (Phi) is 5.56. The van der Waals surface area contributed by atoms with Crippen molar-refractivity contribution in [3.63, 3.8) is 0 Å². The highest BCUT2D eigenvalue weighted by Crippen LogP contribution is 2.45. The third-order valence-corrected chi connectivity index (χ3v) is 6.99. The van der Waals surface area contributed by atoms with Crippen molar-refractivity contribution in [3.05, 3.63) is 83.4 Å². The van der Waals surface area contributed by atoms with Gasteiger partial charge in [-0.1, -0.05) is 0 Å². The second-order valence-electron chi connectivity index (χ2n) is 8.56. The van der Waals surface area contributed by atoms with Crippen LogP contribution in [0.15, 0.2) is 66.4 Å². The Morgan fingerprint density at radius 2 is 2.00 bits per heavy atom. The molecule has 1 aromatic carbocycles. The van der Waals surface area contributed by atoms with E-state index in [-0.39, 0.29) is 23.4 Å². The van der Waals surface area contributed by atoms with Crippen molar-refractivity contribution in [1.29, 1.82) is 0 Å². The van der Waals surface area contributed by atoms with Gasteiger partial charge in [-0.15, -0.1) is 20.1 Å². The lowest BCUT2D eigenvalue weighted by atomic mass is 10.1. The van der Waals surface area contributed by atoms with Crippen LogP contribution in [0.2, 0.25) is 0 Å². The number of fused-ring (bicyclic) bond motifs is 1. The number of nitrogens with zero attached hydrogens (tertiary/aromatic N) is 4. The Balaban J connectivity index is 1.16. The molecule has 0 saturated carbocycles. The maximum absolute atomic E-state index is 13.4. The lowest BCUT2D eigenvalue weighted by Crippen LogP contribution is -2.26. The van der Waals surface area contributed by atoms with Crippen molar-refractivity contribution < 1.29 is 23.0 Å². The number of carbonyl (C=O) groups excluding carboxylic acids is 1. The van der Waals surface area contributed by atoms with Crippen LogP contribution in [0.5, 0.6) is 11.5 Å². The normalized spacial score (nSPS) is 17.9. The van der Waals surface area contributed by atoms with Gasteiger partial charge in [0.15, 0.2) is 16.6 Å². The summed E-state index contributed by atoms with van der Waals surface area (Å²) < 4.78 is 37.9. The number of aromatic nitrogens is 3. The Labute approximate surface area is 209 Å². The highest BCUT2D eigenvalue weighted by atomic mass is 32.1. The van der Waals surface area contributed by atoms with Gasteiger partial charge in [0.2, 0.25) is 0 Å². The summed E-state index contributed by atoms with van der Waals surface area (Å²) in [5.41, 5.74) is 3.15. The fourth-order valence-electron chi connectivity index (χ4n) is 4.60. The first kappa shape index (κ1) is 22.5. The van der Waals surface area contributed by atoms with Crippen LogP contribution in [0.25, 0.3) is 0 Å². The molecule has 0 aliphatic carbocycles. The summed E-state index contributed by atoms with van der Waals surface area (Å²) in [7, 11) is 0. The van der Waals surface area contributed by atoms with E-state index in [0.29, 0.717) is 17.4 Å². The number of anilines is 2. The summed E-state index contributed by atoms with van der Waals surface area (Å²) in [6.45, 7) is 1.31. The van der Waals surface area contributed by atoms with Gasteiger partial charge < -0.3 is 18.9 Å². The van der Waals surface area contributed by atoms with Crippen molar-refractivity contribution in [2.75, 3.05) is 16.8 Å². The minimum absolute atomic E-state index is 0.0177. The van der Waals surface area contributed by atoms with Crippen molar-refractivity contribution in [1.82, 2.24) is 14.5 Å². The van der Waals surface area contributed by atoms with Gasteiger partial charge >= 0.3 is 6.29 Å². The van der Waals surface area contributed by atoms with Crippen LogP contribution in [0, 0.1) is 0 Å². The van der Waals surface area contributed by atoms with Crippen LogP contribution in [0.3, 0.4) is 0 Å². The van der Waals surface area contributed by atoms with Gasteiger partial charge in [-0.2, -0.15) is 0 Å². The van der Waals surface area contributed by atoms with Gasteiger partial charge in [0.25, 0.3) is 5.91 Å². The third kappa shape index (κ3) is 4.37. The first-order valence-corrected chi connectivity index (χ1v) is 12.3. The number of ether oxygens (including phenoxy) is 2. The fourth-order valence-corrected chi connectivity index (χ4v) is 5.35. The van der Waals surface area contributed by atoms with E-state index in [1.54, 1.807) is 30.6 Å². The number of halogens is 2. The highest BCUT2D eigenvalue weighted by molar-refractivity contribution is 7.14. The highest BCUT2D eigenvalue weighted by Gasteiger charge is 2.44. The number of benzene rings is 1. The number of amides is 1. The Bertz CT molecular complexity index is 1410. The minimum Gasteiger partial charge on any atom is -0.395 e. The molecule has 11 heteroatoms. The predicted octanol–water partition coefficient (Wildman–Crippen LogP) is 5.30. The molecular weight excluding hydrogens is 488 g/mol. The number of hydrogen-bond donors (Lipinski definition) is 1. The maximum Gasteiger partial charge on any atom is 0.586 e. The summed E-state index contributed by atoms with van der Waals surface area (Å²) in [5.74, 6) is -0.203. The zero-order valence-electron chi connectivity index (χ0n) is 18.9. The summed E-state index contributed by atoms with van der Waals surface area (Å²) in [6, 6.07) is 12.2. The SMILES string of the molecule is O=C(Nc1nc([C@H]2CCCN2c2ccc3c(c2)OC(F)(F)O3)cs1)c1cccn1Cc1ccncc1. The standard InChI is InChI=1S/C25H21F2N5O3S/c26-25(27)34-21-6-5-17(13-22(21)35-25)32-12-2-3-19(32)18-15-36-24(29-18)30-23(33)20-4-1-11-31(20)14-16-7-9-28-10-8-16/h1,4-11,13,15,19H,2-3,12,14H2,(H,29,30,33)/t19-/m1/s1. The fraction of sp³-hybridized carbons (Fsp3) is 0.240. The summed E-state index contributed by atoms with van der Waals surface area (Å²) in [6.07, 6.45) is 3.45. The third-order valence-electron chi connectivity index (χ3n) is 6.22. The number of thiazole rings is 1. The van der Waals surface area contributed by atoms with E-state index in [1.165, 1.54) is 17.4 Å². The van der Waals surface area contributed by atoms with E-state index >= 15 is 0 Å². The molecule has 1 atom stereocenters. The summed E-state index contributed by atoms with van der Waals surface area (Å²) in [5, 5.41) is 5.34.